The molecule has 0 unspecified atom stereocenters. The number of likely N-dealkylation sites (N-methyl/N-ethyl adjacent to an activating group) is 1. The Balaban J connectivity index is 1.96. The predicted octanol–water partition coefficient (Wildman–Crippen LogP) is 3.50. The molecule has 0 aliphatic carbocycles. The van der Waals surface area contributed by atoms with Crippen LogP contribution in [0.4, 0.5) is 5.69 Å². The third-order valence-electron chi connectivity index (χ3n) is 3.72. The smallest absolute Gasteiger partial charge is 0.335 e. The van der Waals surface area contributed by atoms with E-state index >= 15 is 0 Å². The third kappa shape index (κ3) is 3.00. The zero-order valence-electron chi connectivity index (χ0n) is 13.1. The molecule has 5 nitrogen and oxygen atoms in total. The van der Waals surface area contributed by atoms with E-state index in [0.29, 0.717) is 10.6 Å². The van der Waals surface area contributed by atoms with Crippen LogP contribution in [0.15, 0.2) is 52.3 Å². The molecule has 1 aliphatic heterocycles. The van der Waals surface area contributed by atoms with Crippen LogP contribution in [-0.2, 0) is 4.79 Å². The van der Waals surface area contributed by atoms with Gasteiger partial charge in [-0.1, -0.05) is 23.9 Å². The fourth-order valence-electron chi connectivity index (χ4n) is 2.38. The maximum atomic E-state index is 12.6. The largest absolute Gasteiger partial charge is 0.497 e. The quantitative estimate of drug-likeness (QED) is 0.866. The number of carbonyl (C=O) groups excluding carboxylic acids is 1. The van der Waals surface area contributed by atoms with Crippen molar-refractivity contribution in [3.63, 3.8) is 0 Å². The standard InChI is InChI=1S/C18H15NO4S/c1-19-14-10-12(18(21)22)5-8-15(14)24-16(17(19)20)9-11-3-6-13(23-2)7-4-11/h3-10H,1-2H3,(H,21,22). The summed E-state index contributed by atoms with van der Waals surface area (Å²) in [6.07, 6.45) is 1.82. The highest BCUT2D eigenvalue weighted by atomic mass is 32.2. The molecular weight excluding hydrogens is 326 g/mol. The van der Waals surface area contributed by atoms with Gasteiger partial charge in [0.15, 0.2) is 0 Å². The first-order chi connectivity index (χ1) is 11.5. The van der Waals surface area contributed by atoms with Crippen molar-refractivity contribution in [3.8, 4) is 5.75 Å². The van der Waals surface area contributed by atoms with E-state index in [1.165, 1.54) is 22.7 Å². The summed E-state index contributed by atoms with van der Waals surface area (Å²) in [7, 11) is 3.25. The molecule has 0 radical (unpaired) electrons. The number of hydrogen-bond acceptors (Lipinski definition) is 4. The lowest BCUT2D eigenvalue weighted by atomic mass is 10.1. The van der Waals surface area contributed by atoms with Crippen molar-refractivity contribution in [2.24, 2.45) is 0 Å². The van der Waals surface area contributed by atoms with Crippen LogP contribution in [0, 0.1) is 0 Å². The summed E-state index contributed by atoms with van der Waals surface area (Å²) in [5.41, 5.74) is 1.67. The number of nitrogens with zero attached hydrogens (tertiary/aromatic N) is 1. The first kappa shape index (κ1) is 16.1. The molecule has 122 valence electrons. The van der Waals surface area contributed by atoms with E-state index in [9.17, 15) is 9.59 Å². The highest BCUT2D eigenvalue weighted by Gasteiger charge is 2.27. The summed E-state index contributed by atoms with van der Waals surface area (Å²) < 4.78 is 5.13. The molecule has 0 spiro atoms. The molecule has 0 bridgehead atoms. The van der Waals surface area contributed by atoms with E-state index in [1.807, 2.05) is 30.3 Å². The number of anilines is 1. The fourth-order valence-corrected chi connectivity index (χ4v) is 3.47. The van der Waals surface area contributed by atoms with Gasteiger partial charge in [-0.3, -0.25) is 4.79 Å². The second kappa shape index (κ2) is 6.41. The fraction of sp³-hybridized carbons (Fsp3) is 0.111. The van der Waals surface area contributed by atoms with Crippen LogP contribution in [-0.4, -0.2) is 31.1 Å². The molecule has 2 aromatic rings. The lowest BCUT2D eigenvalue weighted by molar-refractivity contribution is -0.114. The normalized spacial score (nSPS) is 15.3. The van der Waals surface area contributed by atoms with E-state index in [1.54, 1.807) is 26.3 Å². The number of thioether (sulfide) groups is 1. The average molecular weight is 341 g/mol. The Morgan fingerprint density at radius 2 is 1.92 bits per heavy atom. The number of hydrogen-bond donors (Lipinski definition) is 1. The molecule has 0 aromatic heterocycles. The van der Waals surface area contributed by atoms with Gasteiger partial charge in [0.05, 0.1) is 23.3 Å². The number of aromatic carboxylic acids is 1. The van der Waals surface area contributed by atoms with Crippen LogP contribution in [0.2, 0.25) is 0 Å². The van der Waals surface area contributed by atoms with Crippen molar-refractivity contribution in [2.45, 2.75) is 4.90 Å². The minimum atomic E-state index is -1.01. The lowest BCUT2D eigenvalue weighted by Crippen LogP contribution is -2.30. The van der Waals surface area contributed by atoms with E-state index in [0.717, 1.165) is 16.2 Å². The SMILES string of the molecule is COc1ccc(C=C2Sc3ccc(C(=O)O)cc3N(C)C2=O)cc1. The maximum Gasteiger partial charge on any atom is 0.335 e. The summed E-state index contributed by atoms with van der Waals surface area (Å²) in [5, 5.41) is 9.10. The molecule has 0 saturated carbocycles. The Morgan fingerprint density at radius 1 is 1.21 bits per heavy atom. The highest BCUT2D eigenvalue weighted by Crippen LogP contribution is 2.42. The van der Waals surface area contributed by atoms with Crippen LogP contribution in [0.1, 0.15) is 15.9 Å². The molecule has 1 amide bonds. The number of fused-ring (bicyclic) bond motifs is 1. The lowest BCUT2D eigenvalue weighted by Gasteiger charge is -2.27. The number of methoxy groups -OCH3 is 1. The predicted molar refractivity (Wildman–Crippen MR) is 93.6 cm³/mol. The van der Waals surface area contributed by atoms with Crippen LogP contribution >= 0.6 is 11.8 Å². The van der Waals surface area contributed by atoms with Crippen LogP contribution in [0.5, 0.6) is 5.75 Å². The van der Waals surface area contributed by atoms with Crippen LogP contribution in [0.3, 0.4) is 0 Å². The van der Waals surface area contributed by atoms with Gasteiger partial charge in [0.2, 0.25) is 0 Å². The molecule has 0 atom stereocenters. The second-order valence-electron chi connectivity index (χ2n) is 5.24. The number of benzene rings is 2. The molecule has 0 saturated heterocycles. The number of carboxylic acid groups (broad SMARTS) is 1. The first-order valence-electron chi connectivity index (χ1n) is 7.18. The Morgan fingerprint density at radius 3 is 2.54 bits per heavy atom. The van der Waals surface area contributed by atoms with Gasteiger partial charge in [0.25, 0.3) is 5.91 Å². The van der Waals surface area contributed by atoms with Crippen molar-refractivity contribution in [1.29, 1.82) is 0 Å². The average Bonchev–Trinajstić information content (AvgIpc) is 2.59. The minimum Gasteiger partial charge on any atom is -0.497 e. The van der Waals surface area contributed by atoms with Crippen molar-refractivity contribution < 1.29 is 19.4 Å². The zero-order valence-corrected chi connectivity index (χ0v) is 14.0. The first-order valence-corrected chi connectivity index (χ1v) is 8.00. The van der Waals surface area contributed by atoms with Crippen LogP contribution < -0.4 is 9.64 Å². The van der Waals surface area contributed by atoms with Crippen molar-refractivity contribution >= 4 is 35.4 Å². The molecule has 2 aromatic carbocycles. The van der Waals surface area contributed by atoms with E-state index in [2.05, 4.69) is 0 Å². The Labute approximate surface area is 143 Å². The topological polar surface area (TPSA) is 66.8 Å². The Hall–Kier alpha value is -2.73. The molecule has 1 N–H and O–H groups in total. The van der Waals surface area contributed by atoms with E-state index in [-0.39, 0.29) is 11.5 Å². The Bertz CT molecular complexity index is 843. The van der Waals surface area contributed by atoms with Gasteiger partial charge in [0.1, 0.15) is 5.75 Å². The molecule has 6 heteroatoms. The Kier molecular flexibility index (Phi) is 4.31. The van der Waals surface area contributed by atoms with Gasteiger partial charge in [-0.05, 0) is 42.0 Å². The van der Waals surface area contributed by atoms with Crippen LogP contribution in [0.25, 0.3) is 6.08 Å². The zero-order chi connectivity index (χ0) is 17.3. The molecule has 24 heavy (non-hydrogen) atoms. The van der Waals surface area contributed by atoms with Gasteiger partial charge in [-0.25, -0.2) is 4.79 Å². The molecule has 1 aliphatic rings. The number of rotatable bonds is 3. The van der Waals surface area contributed by atoms with Crippen molar-refractivity contribution in [2.75, 3.05) is 19.1 Å². The molecular formula is C18H15NO4S. The third-order valence-corrected chi connectivity index (χ3v) is 4.79. The number of carbonyl (C=O) groups is 2. The number of ether oxygens (including phenoxy) is 1. The van der Waals surface area contributed by atoms with Gasteiger partial charge < -0.3 is 14.7 Å². The second-order valence-corrected chi connectivity index (χ2v) is 6.32. The summed E-state index contributed by atoms with van der Waals surface area (Å²) in [6.45, 7) is 0. The molecule has 3 rings (SSSR count). The summed E-state index contributed by atoms with van der Waals surface area (Å²) in [5.74, 6) is -0.419. The number of amides is 1. The van der Waals surface area contributed by atoms with E-state index < -0.39 is 5.97 Å². The van der Waals surface area contributed by atoms with Gasteiger partial charge in [-0.15, -0.1) is 0 Å². The maximum absolute atomic E-state index is 12.6. The summed E-state index contributed by atoms with van der Waals surface area (Å²) in [4.78, 5) is 26.6. The van der Waals surface area contributed by atoms with E-state index in [4.69, 9.17) is 9.84 Å². The number of carboxylic acids is 1. The molecule has 1 heterocycles. The minimum absolute atomic E-state index is 0.161. The van der Waals surface area contributed by atoms with Crippen molar-refractivity contribution in [3.05, 3.63) is 58.5 Å². The monoisotopic (exact) mass is 341 g/mol. The molecule has 0 fully saturated rings. The summed E-state index contributed by atoms with van der Waals surface area (Å²) in [6, 6.07) is 12.2. The van der Waals surface area contributed by atoms with Crippen molar-refractivity contribution in [1.82, 2.24) is 0 Å². The van der Waals surface area contributed by atoms with Gasteiger partial charge in [0, 0.05) is 11.9 Å². The van der Waals surface area contributed by atoms with Gasteiger partial charge >= 0.3 is 5.97 Å². The highest BCUT2D eigenvalue weighted by molar-refractivity contribution is 8.04. The van der Waals surface area contributed by atoms with Gasteiger partial charge in [-0.2, -0.15) is 0 Å². The summed E-state index contributed by atoms with van der Waals surface area (Å²) >= 11 is 1.34.